The minimum atomic E-state index is -0.346. The van der Waals surface area contributed by atoms with Gasteiger partial charge in [0, 0.05) is 18.7 Å². The highest BCUT2D eigenvalue weighted by atomic mass is 32.2. The number of hydrogen-bond acceptors (Lipinski definition) is 8. The predicted molar refractivity (Wildman–Crippen MR) is 140 cm³/mol. The summed E-state index contributed by atoms with van der Waals surface area (Å²) in [5, 5.41) is 11.2. The van der Waals surface area contributed by atoms with Crippen molar-refractivity contribution < 1.29 is 18.4 Å². The fraction of sp³-hybridized carbons (Fsp3) is 0.174. The van der Waals surface area contributed by atoms with E-state index >= 15 is 0 Å². The molecule has 2 amide bonds. The molecule has 2 aromatic carbocycles. The Morgan fingerprint density at radius 1 is 1.09 bits per heavy atom. The van der Waals surface area contributed by atoms with E-state index in [1.807, 2.05) is 0 Å². The Bertz CT molecular complexity index is 1260. The van der Waals surface area contributed by atoms with Crippen LogP contribution in [-0.4, -0.2) is 37.8 Å². The molecule has 0 radical (unpaired) electrons. The van der Waals surface area contributed by atoms with E-state index in [1.165, 1.54) is 64.0 Å². The van der Waals surface area contributed by atoms with Crippen LogP contribution in [0.1, 0.15) is 24.0 Å². The van der Waals surface area contributed by atoms with Crippen molar-refractivity contribution in [2.45, 2.75) is 22.9 Å². The molecule has 6 nitrogen and oxygen atoms in total. The predicted octanol–water partition coefficient (Wildman–Crippen LogP) is 5.73. The molecule has 1 fully saturated rings. The third kappa shape index (κ3) is 7.17. The van der Waals surface area contributed by atoms with E-state index in [1.54, 1.807) is 30.3 Å². The Morgan fingerprint density at radius 3 is 2.49 bits per heavy atom. The first-order chi connectivity index (χ1) is 16.9. The largest absolute Gasteiger partial charge is 0.301 e. The molecule has 1 N–H and O–H groups in total. The van der Waals surface area contributed by atoms with Crippen LogP contribution in [0.4, 0.5) is 13.9 Å². The van der Waals surface area contributed by atoms with Gasteiger partial charge in [0.25, 0.3) is 5.91 Å². The molecule has 0 atom stereocenters. The monoisotopic (exact) mass is 548 g/mol. The minimum absolute atomic E-state index is 0.186. The van der Waals surface area contributed by atoms with Gasteiger partial charge in [0.05, 0.1) is 4.91 Å². The maximum atomic E-state index is 13.1. The highest BCUT2D eigenvalue weighted by molar-refractivity contribution is 8.26. The molecule has 1 aliphatic heterocycles. The fourth-order valence-corrected chi connectivity index (χ4v) is 6.06. The van der Waals surface area contributed by atoms with Crippen LogP contribution in [0.25, 0.3) is 6.08 Å². The Kier molecular flexibility index (Phi) is 8.60. The van der Waals surface area contributed by atoms with Gasteiger partial charge >= 0.3 is 0 Å². The number of nitrogens with one attached hydrogen (secondary N) is 1. The highest BCUT2D eigenvalue weighted by Gasteiger charge is 2.31. The smallest absolute Gasteiger partial charge is 0.266 e. The summed E-state index contributed by atoms with van der Waals surface area (Å²) < 4.78 is 27.2. The van der Waals surface area contributed by atoms with Crippen LogP contribution in [0.5, 0.6) is 0 Å². The van der Waals surface area contributed by atoms with Crippen molar-refractivity contribution in [1.82, 2.24) is 15.1 Å². The molecule has 12 heteroatoms. The fourth-order valence-electron chi connectivity index (χ4n) is 3.03. The van der Waals surface area contributed by atoms with E-state index in [0.29, 0.717) is 43.0 Å². The number of carbonyl (C=O) groups is 2. The average Bonchev–Trinajstić information content (AvgIpc) is 3.39. The molecule has 0 bridgehead atoms. The van der Waals surface area contributed by atoms with Gasteiger partial charge in [-0.05, 0) is 47.9 Å². The summed E-state index contributed by atoms with van der Waals surface area (Å²) in [6.45, 7) is 0.313. The summed E-state index contributed by atoms with van der Waals surface area (Å²) in [6.07, 6.45) is 2.28. The van der Waals surface area contributed by atoms with Crippen molar-refractivity contribution in [2.75, 3.05) is 11.9 Å². The Balaban J connectivity index is 1.22. The van der Waals surface area contributed by atoms with E-state index in [4.69, 9.17) is 12.2 Å². The molecule has 4 rings (SSSR count). The lowest BCUT2D eigenvalue weighted by Crippen LogP contribution is -2.29. The molecule has 3 aromatic rings. The molecule has 35 heavy (non-hydrogen) atoms. The third-order valence-corrected chi connectivity index (χ3v) is 8.18. The van der Waals surface area contributed by atoms with Crippen molar-refractivity contribution in [3.05, 3.63) is 76.2 Å². The minimum Gasteiger partial charge on any atom is -0.301 e. The van der Waals surface area contributed by atoms with Gasteiger partial charge in [-0.25, -0.2) is 8.78 Å². The second-order valence-corrected chi connectivity index (χ2v) is 11.2. The van der Waals surface area contributed by atoms with E-state index in [9.17, 15) is 18.4 Å². The molecule has 2 heterocycles. The van der Waals surface area contributed by atoms with Crippen LogP contribution in [-0.2, 0) is 15.3 Å². The number of hydrogen-bond donors (Lipinski definition) is 1. The zero-order chi connectivity index (χ0) is 24.8. The SMILES string of the molecule is O=C(CCCN1C(=O)/C(=C/c2ccc(F)cc2)SC1=S)Nc1nnc(SCc2ccc(F)cc2)s1. The summed E-state index contributed by atoms with van der Waals surface area (Å²) in [6, 6.07) is 12.1. The number of aromatic nitrogens is 2. The Morgan fingerprint density at radius 2 is 1.77 bits per heavy atom. The van der Waals surface area contributed by atoms with Gasteiger partial charge in [0.2, 0.25) is 11.0 Å². The van der Waals surface area contributed by atoms with E-state index in [-0.39, 0.29) is 29.9 Å². The summed E-state index contributed by atoms with van der Waals surface area (Å²) in [4.78, 5) is 26.9. The number of rotatable bonds is 9. The molecular formula is C23H18F2N4O2S4. The van der Waals surface area contributed by atoms with E-state index < -0.39 is 0 Å². The lowest BCUT2D eigenvalue weighted by Gasteiger charge is -2.13. The van der Waals surface area contributed by atoms with Gasteiger partial charge in [-0.1, -0.05) is 71.3 Å². The number of thioether (sulfide) groups is 2. The lowest BCUT2D eigenvalue weighted by atomic mass is 10.2. The summed E-state index contributed by atoms with van der Waals surface area (Å²) >= 11 is 9.21. The van der Waals surface area contributed by atoms with Crippen LogP contribution < -0.4 is 5.32 Å². The first kappa shape index (κ1) is 25.4. The number of anilines is 1. The van der Waals surface area contributed by atoms with Crippen molar-refractivity contribution in [2.24, 2.45) is 0 Å². The first-order valence-electron chi connectivity index (χ1n) is 10.4. The first-order valence-corrected chi connectivity index (χ1v) is 13.4. The Hall–Kier alpha value is -2.67. The maximum absolute atomic E-state index is 13.1. The number of nitrogens with zero attached hydrogens (tertiary/aromatic N) is 3. The van der Waals surface area contributed by atoms with E-state index in [2.05, 4.69) is 15.5 Å². The molecule has 0 saturated carbocycles. The molecule has 0 aliphatic carbocycles. The van der Waals surface area contributed by atoms with Gasteiger partial charge in [-0.2, -0.15) is 0 Å². The molecule has 1 aromatic heterocycles. The normalized spacial score (nSPS) is 14.7. The summed E-state index contributed by atoms with van der Waals surface area (Å²) in [5.74, 6) is -0.472. The molecular weight excluding hydrogens is 531 g/mol. The lowest BCUT2D eigenvalue weighted by molar-refractivity contribution is -0.122. The number of benzene rings is 2. The molecule has 0 unspecified atom stereocenters. The van der Waals surface area contributed by atoms with Crippen molar-refractivity contribution in [3.8, 4) is 0 Å². The molecule has 1 aliphatic rings. The van der Waals surface area contributed by atoms with Crippen molar-refractivity contribution in [3.63, 3.8) is 0 Å². The quantitative estimate of drug-likeness (QED) is 0.158. The number of amides is 2. The average molecular weight is 549 g/mol. The van der Waals surface area contributed by atoms with Crippen LogP contribution in [0, 0.1) is 11.6 Å². The number of thiocarbonyl (C=S) groups is 1. The van der Waals surface area contributed by atoms with E-state index in [0.717, 1.165) is 5.56 Å². The second kappa shape index (κ2) is 11.8. The maximum Gasteiger partial charge on any atom is 0.266 e. The van der Waals surface area contributed by atoms with Gasteiger partial charge < -0.3 is 5.32 Å². The van der Waals surface area contributed by atoms with Gasteiger partial charge in [0.1, 0.15) is 16.0 Å². The molecule has 0 spiro atoms. The van der Waals surface area contributed by atoms with Crippen LogP contribution in [0.3, 0.4) is 0 Å². The number of carbonyl (C=O) groups excluding carboxylic acids is 2. The summed E-state index contributed by atoms with van der Waals surface area (Å²) in [5.41, 5.74) is 1.67. The van der Waals surface area contributed by atoms with Gasteiger partial charge in [0.15, 0.2) is 4.34 Å². The van der Waals surface area contributed by atoms with Crippen molar-refractivity contribution in [1.29, 1.82) is 0 Å². The zero-order valence-electron chi connectivity index (χ0n) is 18.1. The summed E-state index contributed by atoms with van der Waals surface area (Å²) in [7, 11) is 0. The van der Waals surface area contributed by atoms with Crippen LogP contribution in [0.2, 0.25) is 0 Å². The molecule has 1 saturated heterocycles. The van der Waals surface area contributed by atoms with Gasteiger partial charge in [-0.3, -0.25) is 14.5 Å². The molecule has 180 valence electrons. The van der Waals surface area contributed by atoms with Crippen LogP contribution >= 0.6 is 47.1 Å². The number of halogens is 2. The second-order valence-electron chi connectivity index (χ2n) is 7.32. The van der Waals surface area contributed by atoms with Gasteiger partial charge in [-0.15, -0.1) is 10.2 Å². The topological polar surface area (TPSA) is 75.2 Å². The zero-order valence-corrected chi connectivity index (χ0v) is 21.3. The standard InChI is InChI=1S/C23H18F2N4O2S4/c24-16-7-3-14(4-8-16)12-18-20(31)29(23(32)34-18)11-1-2-19(30)26-21-27-28-22(35-21)33-13-15-5-9-17(25)10-6-15/h3-10,12H,1-2,11,13H2,(H,26,27,30)/b18-12-. The van der Waals surface area contributed by atoms with Crippen molar-refractivity contribution >= 4 is 74.4 Å². The Labute approximate surface area is 218 Å². The van der Waals surface area contributed by atoms with Crippen LogP contribution in [0.15, 0.2) is 57.8 Å². The third-order valence-electron chi connectivity index (χ3n) is 4.76. The highest BCUT2D eigenvalue weighted by Crippen LogP contribution is 2.33.